The van der Waals surface area contributed by atoms with Crippen molar-refractivity contribution < 1.29 is 19.2 Å². The minimum absolute atomic E-state index is 0.0769. The van der Waals surface area contributed by atoms with Gasteiger partial charge in [-0.2, -0.15) is 0 Å². The molecule has 0 aliphatic rings. The maximum absolute atomic E-state index is 12.6. The van der Waals surface area contributed by atoms with Crippen LogP contribution in [-0.4, -0.2) is 23.8 Å². The normalized spacial score (nSPS) is 10.3. The van der Waals surface area contributed by atoms with Gasteiger partial charge in [0.2, 0.25) is 0 Å². The topological polar surface area (TPSA) is 111 Å². The van der Waals surface area contributed by atoms with Crippen LogP contribution >= 0.6 is 0 Å². The molecule has 3 aromatic carbocycles. The minimum Gasteiger partial charge on any atom is -0.494 e. The molecule has 0 saturated heterocycles. The third-order valence-electron chi connectivity index (χ3n) is 4.39. The zero-order chi connectivity index (χ0) is 21.5. The van der Waals surface area contributed by atoms with E-state index in [9.17, 15) is 19.7 Å². The molecule has 3 rings (SSSR count). The van der Waals surface area contributed by atoms with Crippen LogP contribution in [0.2, 0.25) is 0 Å². The molecule has 2 amide bonds. The highest BCUT2D eigenvalue weighted by atomic mass is 16.6. The van der Waals surface area contributed by atoms with E-state index in [0.29, 0.717) is 0 Å². The second-order valence-corrected chi connectivity index (χ2v) is 6.32. The predicted molar refractivity (Wildman–Crippen MR) is 111 cm³/mol. The Labute approximate surface area is 172 Å². The van der Waals surface area contributed by atoms with E-state index in [1.807, 2.05) is 60.7 Å². The number of nitrogens with zero attached hydrogens (tertiary/aromatic N) is 1. The molecule has 0 atom stereocenters. The Morgan fingerprint density at radius 3 is 1.97 bits per heavy atom. The zero-order valence-electron chi connectivity index (χ0n) is 16.1. The summed E-state index contributed by atoms with van der Waals surface area (Å²) in [5.74, 6) is -1.69. The monoisotopic (exact) mass is 405 g/mol. The number of hydrogen-bond acceptors (Lipinski definition) is 5. The molecular weight excluding hydrogens is 386 g/mol. The van der Waals surface area contributed by atoms with E-state index in [-0.39, 0.29) is 17.1 Å². The summed E-state index contributed by atoms with van der Waals surface area (Å²) in [6.45, 7) is 0. The number of nitrogens with one attached hydrogen (secondary N) is 2. The fraction of sp³-hybridized carbons (Fsp3) is 0.0909. The van der Waals surface area contributed by atoms with Crippen molar-refractivity contribution in [1.82, 2.24) is 5.32 Å². The molecule has 0 unspecified atom stereocenters. The molecule has 2 N–H and O–H groups in total. The van der Waals surface area contributed by atoms with Gasteiger partial charge >= 0.3 is 11.8 Å². The standard InChI is InChI=1S/C22H19N3O5/c1-30-19-14-17(25(28)29)12-13-18(19)23-21(26)22(27)24-20(15-8-4-2-5-9-15)16-10-6-3-7-11-16/h2-14,20H,1H3,(H,23,26)(H,24,27). The molecule has 0 heterocycles. The fourth-order valence-corrected chi connectivity index (χ4v) is 2.92. The third kappa shape index (κ3) is 4.79. The van der Waals surface area contributed by atoms with Gasteiger partial charge in [-0.1, -0.05) is 60.7 Å². The number of amides is 2. The first-order valence-electron chi connectivity index (χ1n) is 9.03. The molecule has 3 aromatic rings. The molecule has 0 fully saturated rings. The van der Waals surface area contributed by atoms with Gasteiger partial charge in [0, 0.05) is 6.07 Å². The van der Waals surface area contributed by atoms with Crippen molar-refractivity contribution >= 4 is 23.2 Å². The van der Waals surface area contributed by atoms with Crippen LogP contribution in [0.1, 0.15) is 17.2 Å². The fourth-order valence-electron chi connectivity index (χ4n) is 2.92. The highest BCUT2D eigenvalue weighted by molar-refractivity contribution is 6.39. The predicted octanol–water partition coefficient (Wildman–Crippen LogP) is 3.45. The first-order valence-corrected chi connectivity index (χ1v) is 9.03. The van der Waals surface area contributed by atoms with Gasteiger partial charge in [-0.25, -0.2) is 0 Å². The van der Waals surface area contributed by atoms with E-state index in [1.54, 1.807) is 0 Å². The van der Waals surface area contributed by atoms with E-state index in [4.69, 9.17) is 4.74 Å². The Bertz CT molecular complexity index is 1020. The van der Waals surface area contributed by atoms with Crippen molar-refractivity contribution in [3.63, 3.8) is 0 Å². The summed E-state index contributed by atoms with van der Waals surface area (Å²) in [6.07, 6.45) is 0. The smallest absolute Gasteiger partial charge is 0.313 e. The summed E-state index contributed by atoms with van der Waals surface area (Å²) < 4.78 is 5.09. The van der Waals surface area contributed by atoms with Crippen molar-refractivity contribution in [3.05, 3.63) is 100 Å². The second kappa shape index (κ2) is 9.33. The molecule has 0 spiro atoms. The zero-order valence-corrected chi connectivity index (χ0v) is 16.1. The first-order chi connectivity index (χ1) is 14.5. The van der Waals surface area contributed by atoms with E-state index in [2.05, 4.69) is 10.6 Å². The highest BCUT2D eigenvalue weighted by Crippen LogP contribution is 2.29. The third-order valence-corrected chi connectivity index (χ3v) is 4.39. The van der Waals surface area contributed by atoms with Crippen molar-refractivity contribution in [2.24, 2.45) is 0 Å². The number of carbonyl (C=O) groups is 2. The summed E-state index contributed by atoms with van der Waals surface area (Å²) in [5, 5.41) is 16.1. The van der Waals surface area contributed by atoms with Crippen LogP contribution < -0.4 is 15.4 Å². The van der Waals surface area contributed by atoms with Crippen molar-refractivity contribution in [3.8, 4) is 5.75 Å². The van der Waals surface area contributed by atoms with Gasteiger partial charge in [-0.15, -0.1) is 0 Å². The molecule has 0 bridgehead atoms. The number of carbonyl (C=O) groups excluding carboxylic acids is 2. The van der Waals surface area contributed by atoms with Crippen LogP contribution in [0.25, 0.3) is 0 Å². The number of rotatable bonds is 6. The SMILES string of the molecule is COc1cc([N+](=O)[O-])ccc1NC(=O)C(=O)NC(c1ccccc1)c1ccccc1. The average molecular weight is 405 g/mol. The Morgan fingerprint density at radius 2 is 1.47 bits per heavy atom. The maximum atomic E-state index is 12.6. The Morgan fingerprint density at radius 1 is 0.900 bits per heavy atom. The number of anilines is 1. The molecule has 8 nitrogen and oxygen atoms in total. The van der Waals surface area contributed by atoms with Crippen molar-refractivity contribution in [1.29, 1.82) is 0 Å². The van der Waals surface area contributed by atoms with E-state index in [0.717, 1.165) is 11.1 Å². The number of hydrogen-bond donors (Lipinski definition) is 2. The second-order valence-electron chi connectivity index (χ2n) is 6.32. The number of non-ortho nitro benzene ring substituents is 1. The van der Waals surface area contributed by atoms with Gasteiger partial charge in [0.15, 0.2) is 0 Å². The van der Waals surface area contributed by atoms with Gasteiger partial charge in [0.1, 0.15) is 5.75 Å². The minimum atomic E-state index is -0.918. The van der Waals surface area contributed by atoms with Gasteiger partial charge in [-0.05, 0) is 17.2 Å². The van der Waals surface area contributed by atoms with Gasteiger partial charge in [0.25, 0.3) is 5.69 Å². The van der Waals surface area contributed by atoms with Gasteiger partial charge < -0.3 is 15.4 Å². The number of nitro benzene ring substituents is 1. The lowest BCUT2D eigenvalue weighted by molar-refractivity contribution is -0.384. The molecule has 0 aliphatic carbocycles. The number of nitro groups is 1. The lowest BCUT2D eigenvalue weighted by atomic mass is 9.99. The van der Waals surface area contributed by atoms with E-state index in [1.165, 1.54) is 25.3 Å². The summed E-state index contributed by atoms with van der Waals surface area (Å²) in [6, 6.07) is 21.7. The molecule has 0 aliphatic heterocycles. The summed E-state index contributed by atoms with van der Waals surface area (Å²) in [7, 11) is 1.32. The molecule has 8 heteroatoms. The Hall–Kier alpha value is -4.20. The van der Waals surface area contributed by atoms with E-state index < -0.39 is 22.8 Å². The maximum Gasteiger partial charge on any atom is 0.313 e. The number of ether oxygens (including phenoxy) is 1. The van der Waals surface area contributed by atoms with Gasteiger partial charge in [0.05, 0.1) is 29.8 Å². The number of methoxy groups -OCH3 is 1. The van der Waals surface area contributed by atoms with Gasteiger partial charge in [-0.3, -0.25) is 19.7 Å². The summed E-state index contributed by atoms with van der Waals surface area (Å²) in [5.41, 5.74) is 1.59. The molecule has 30 heavy (non-hydrogen) atoms. The molecule has 152 valence electrons. The summed E-state index contributed by atoms with van der Waals surface area (Å²) >= 11 is 0. The number of benzene rings is 3. The highest BCUT2D eigenvalue weighted by Gasteiger charge is 2.23. The molecule has 0 saturated carbocycles. The quantitative estimate of drug-likeness (QED) is 0.371. The molecular formula is C22H19N3O5. The lowest BCUT2D eigenvalue weighted by Gasteiger charge is -2.19. The van der Waals surface area contributed by atoms with Crippen LogP contribution in [0.15, 0.2) is 78.9 Å². The Balaban J connectivity index is 1.80. The van der Waals surface area contributed by atoms with E-state index >= 15 is 0 Å². The largest absolute Gasteiger partial charge is 0.494 e. The van der Waals surface area contributed by atoms with Crippen LogP contribution in [0.3, 0.4) is 0 Å². The summed E-state index contributed by atoms with van der Waals surface area (Å²) in [4.78, 5) is 35.4. The van der Waals surface area contributed by atoms with Crippen LogP contribution in [0.4, 0.5) is 11.4 Å². The lowest BCUT2D eigenvalue weighted by Crippen LogP contribution is -2.38. The van der Waals surface area contributed by atoms with Crippen LogP contribution in [0.5, 0.6) is 5.75 Å². The first kappa shape index (κ1) is 20.5. The average Bonchev–Trinajstić information content (AvgIpc) is 2.78. The van der Waals surface area contributed by atoms with Crippen LogP contribution in [0, 0.1) is 10.1 Å². The Kier molecular flexibility index (Phi) is 6.39. The molecule has 0 aromatic heterocycles. The van der Waals surface area contributed by atoms with Crippen molar-refractivity contribution in [2.75, 3.05) is 12.4 Å². The van der Waals surface area contributed by atoms with Crippen molar-refractivity contribution in [2.45, 2.75) is 6.04 Å². The van der Waals surface area contributed by atoms with Crippen LogP contribution in [-0.2, 0) is 9.59 Å². The molecule has 0 radical (unpaired) electrons.